The van der Waals surface area contributed by atoms with Crippen LogP contribution >= 0.6 is 0 Å². The zero-order valence-corrected chi connectivity index (χ0v) is 21.8. The molecule has 0 bridgehead atoms. The van der Waals surface area contributed by atoms with Crippen molar-refractivity contribution in [3.63, 3.8) is 0 Å². The zero-order chi connectivity index (χ0) is 27.4. The molecule has 3 aromatic carbocycles. The third-order valence-corrected chi connectivity index (χ3v) is 7.50. The molecule has 0 aromatic heterocycles. The van der Waals surface area contributed by atoms with Gasteiger partial charge in [0.05, 0.1) is 13.2 Å². The minimum atomic E-state index is -1.04. The highest BCUT2D eigenvalue weighted by atomic mass is 19.1. The lowest BCUT2D eigenvalue weighted by Gasteiger charge is -2.22. The molecule has 3 aromatic rings. The van der Waals surface area contributed by atoms with Gasteiger partial charge in [-0.2, -0.15) is 0 Å². The summed E-state index contributed by atoms with van der Waals surface area (Å²) in [5, 5.41) is 5.39. The number of carbonyl (C=O) groups excluding carboxylic acids is 2. The fraction of sp³-hybridized carbons (Fsp3) is 0.355. The number of nitrogens with one attached hydrogen (secondary N) is 2. The minimum absolute atomic E-state index is 0.0558. The number of halogens is 2. The van der Waals surface area contributed by atoms with Crippen LogP contribution in [0.4, 0.5) is 8.78 Å². The van der Waals surface area contributed by atoms with Crippen LogP contribution in [0.1, 0.15) is 47.4 Å². The van der Waals surface area contributed by atoms with Crippen LogP contribution in [0.2, 0.25) is 0 Å². The SMILES string of the molecule is Cc1cc(F)c([C@@H]2CNC(=O)[C@H]2NC(=O)CC2(c3cccc(OCCOCc4ccccc4)c3)CC2)c(F)c1. The monoisotopic (exact) mass is 534 g/mol. The van der Waals surface area contributed by atoms with E-state index in [1.165, 1.54) is 12.1 Å². The predicted octanol–water partition coefficient (Wildman–Crippen LogP) is 4.69. The Balaban J connectivity index is 1.17. The van der Waals surface area contributed by atoms with Crippen molar-refractivity contribution in [3.05, 3.63) is 101 Å². The summed E-state index contributed by atoms with van der Waals surface area (Å²) in [6.07, 6.45) is 1.82. The topological polar surface area (TPSA) is 76.7 Å². The number of benzene rings is 3. The molecule has 1 saturated heterocycles. The van der Waals surface area contributed by atoms with Gasteiger partial charge in [0, 0.05) is 29.9 Å². The highest BCUT2D eigenvalue weighted by Crippen LogP contribution is 2.51. The third-order valence-electron chi connectivity index (χ3n) is 7.50. The summed E-state index contributed by atoms with van der Waals surface area (Å²) < 4.78 is 40.8. The maximum atomic E-state index is 14.6. The molecule has 2 aliphatic rings. The van der Waals surface area contributed by atoms with Crippen LogP contribution in [-0.4, -0.2) is 37.6 Å². The Morgan fingerprint density at radius 2 is 1.77 bits per heavy atom. The maximum absolute atomic E-state index is 14.6. The van der Waals surface area contributed by atoms with E-state index in [4.69, 9.17) is 9.47 Å². The fourth-order valence-electron chi connectivity index (χ4n) is 5.27. The van der Waals surface area contributed by atoms with Crippen molar-refractivity contribution in [2.45, 2.75) is 50.2 Å². The van der Waals surface area contributed by atoms with Gasteiger partial charge in [-0.3, -0.25) is 9.59 Å². The normalized spacial score (nSPS) is 19.4. The van der Waals surface area contributed by atoms with Crippen LogP contribution < -0.4 is 15.4 Å². The van der Waals surface area contributed by atoms with Gasteiger partial charge < -0.3 is 20.1 Å². The quantitative estimate of drug-likeness (QED) is 0.350. The number of amides is 2. The first-order chi connectivity index (χ1) is 18.8. The van der Waals surface area contributed by atoms with Gasteiger partial charge in [-0.15, -0.1) is 0 Å². The first kappa shape index (κ1) is 26.8. The van der Waals surface area contributed by atoms with Crippen molar-refractivity contribution in [1.82, 2.24) is 10.6 Å². The highest BCUT2D eigenvalue weighted by Gasteiger charge is 2.47. The average Bonchev–Trinajstić information content (AvgIpc) is 3.61. The predicted molar refractivity (Wildman–Crippen MR) is 142 cm³/mol. The van der Waals surface area contributed by atoms with Crippen molar-refractivity contribution in [3.8, 4) is 5.75 Å². The molecule has 0 spiro atoms. The number of ether oxygens (including phenoxy) is 2. The van der Waals surface area contributed by atoms with E-state index in [1.807, 2.05) is 54.6 Å². The molecule has 2 amide bonds. The Morgan fingerprint density at radius 3 is 2.49 bits per heavy atom. The first-order valence-corrected chi connectivity index (χ1v) is 13.2. The second kappa shape index (κ2) is 11.5. The molecule has 5 rings (SSSR count). The lowest BCUT2D eigenvalue weighted by molar-refractivity contribution is -0.127. The molecule has 204 valence electrons. The van der Waals surface area contributed by atoms with Gasteiger partial charge in [-0.1, -0.05) is 42.5 Å². The zero-order valence-electron chi connectivity index (χ0n) is 21.8. The number of aryl methyl sites for hydroxylation is 1. The molecular formula is C31H32F2N2O4. The molecule has 1 saturated carbocycles. The lowest BCUT2D eigenvalue weighted by Crippen LogP contribution is -2.44. The Kier molecular flexibility index (Phi) is 7.93. The molecule has 1 aliphatic heterocycles. The second-order valence-corrected chi connectivity index (χ2v) is 10.4. The largest absolute Gasteiger partial charge is 0.491 e. The third kappa shape index (κ3) is 6.28. The number of rotatable bonds is 11. The van der Waals surface area contributed by atoms with E-state index >= 15 is 0 Å². The molecule has 1 heterocycles. The second-order valence-electron chi connectivity index (χ2n) is 10.4. The van der Waals surface area contributed by atoms with Crippen LogP contribution in [-0.2, 0) is 26.3 Å². The first-order valence-electron chi connectivity index (χ1n) is 13.2. The summed E-state index contributed by atoms with van der Waals surface area (Å²) in [4.78, 5) is 25.6. The van der Waals surface area contributed by atoms with E-state index in [0.717, 1.165) is 24.0 Å². The molecule has 2 N–H and O–H groups in total. The summed E-state index contributed by atoms with van der Waals surface area (Å²) in [5.74, 6) is -2.32. The summed E-state index contributed by atoms with van der Waals surface area (Å²) >= 11 is 0. The van der Waals surface area contributed by atoms with Gasteiger partial charge in [-0.05, 0) is 60.7 Å². The molecule has 8 heteroatoms. The van der Waals surface area contributed by atoms with Gasteiger partial charge in [0.15, 0.2) is 0 Å². The molecule has 39 heavy (non-hydrogen) atoms. The van der Waals surface area contributed by atoms with Crippen LogP contribution in [0.5, 0.6) is 5.75 Å². The van der Waals surface area contributed by atoms with E-state index in [1.54, 1.807) is 6.92 Å². The van der Waals surface area contributed by atoms with E-state index in [2.05, 4.69) is 10.6 Å². The molecular weight excluding hydrogens is 502 g/mol. The standard InChI is InChI=1S/C31H32F2N2O4/c1-20-14-25(32)28(26(33)15-20)24-18-34-30(37)29(24)35-27(36)17-31(10-11-31)22-8-5-9-23(16-22)39-13-12-38-19-21-6-3-2-4-7-21/h2-9,14-16,24,29H,10-13,17-19H2,1H3,(H,34,37)(H,35,36)/t24-,29-/m0/s1. The van der Waals surface area contributed by atoms with Gasteiger partial charge >= 0.3 is 0 Å². The molecule has 0 radical (unpaired) electrons. The van der Waals surface area contributed by atoms with Crippen molar-refractivity contribution >= 4 is 11.8 Å². The van der Waals surface area contributed by atoms with E-state index in [9.17, 15) is 18.4 Å². The summed E-state index contributed by atoms with van der Waals surface area (Å²) in [5.41, 5.74) is 2.02. The maximum Gasteiger partial charge on any atom is 0.243 e. The smallest absolute Gasteiger partial charge is 0.243 e. The minimum Gasteiger partial charge on any atom is -0.491 e. The Hall–Kier alpha value is -3.78. The number of hydrogen-bond donors (Lipinski definition) is 2. The summed E-state index contributed by atoms with van der Waals surface area (Å²) in [6.45, 7) is 3.02. The Labute approximate surface area is 226 Å². The highest BCUT2D eigenvalue weighted by molar-refractivity contribution is 5.91. The van der Waals surface area contributed by atoms with Crippen LogP contribution in [0.25, 0.3) is 0 Å². The Morgan fingerprint density at radius 1 is 1.03 bits per heavy atom. The average molecular weight is 535 g/mol. The number of carbonyl (C=O) groups is 2. The molecule has 6 nitrogen and oxygen atoms in total. The molecule has 2 atom stereocenters. The van der Waals surface area contributed by atoms with Crippen molar-refractivity contribution in [2.24, 2.45) is 0 Å². The van der Waals surface area contributed by atoms with Gasteiger partial charge in [-0.25, -0.2) is 8.78 Å². The van der Waals surface area contributed by atoms with E-state index < -0.39 is 29.5 Å². The van der Waals surface area contributed by atoms with Crippen molar-refractivity contribution < 1.29 is 27.8 Å². The van der Waals surface area contributed by atoms with Crippen LogP contribution in [0.3, 0.4) is 0 Å². The lowest BCUT2D eigenvalue weighted by atomic mass is 9.90. The van der Waals surface area contributed by atoms with Crippen LogP contribution in [0.15, 0.2) is 66.7 Å². The van der Waals surface area contributed by atoms with Gasteiger partial charge in [0.25, 0.3) is 0 Å². The van der Waals surface area contributed by atoms with Gasteiger partial charge in [0.1, 0.15) is 30.0 Å². The van der Waals surface area contributed by atoms with Crippen LogP contribution in [0, 0.1) is 18.6 Å². The van der Waals surface area contributed by atoms with E-state index in [-0.39, 0.29) is 29.9 Å². The van der Waals surface area contributed by atoms with E-state index in [0.29, 0.717) is 31.1 Å². The molecule has 2 fully saturated rings. The molecule has 1 aliphatic carbocycles. The summed E-state index contributed by atoms with van der Waals surface area (Å²) in [6, 6.07) is 19.1. The van der Waals surface area contributed by atoms with Crippen molar-refractivity contribution in [2.75, 3.05) is 19.8 Å². The van der Waals surface area contributed by atoms with Crippen molar-refractivity contribution in [1.29, 1.82) is 0 Å². The van der Waals surface area contributed by atoms with Gasteiger partial charge in [0.2, 0.25) is 11.8 Å². The fourth-order valence-corrected chi connectivity index (χ4v) is 5.27. The molecule has 0 unspecified atom stereocenters. The number of hydrogen-bond acceptors (Lipinski definition) is 4. The summed E-state index contributed by atoms with van der Waals surface area (Å²) in [7, 11) is 0. The Bertz CT molecular complexity index is 1320.